The summed E-state index contributed by atoms with van der Waals surface area (Å²) in [4.78, 5) is 11.9. The second kappa shape index (κ2) is 7.15. The fourth-order valence-electron chi connectivity index (χ4n) is 2.39. The van der Waals surface area contributed by atoms with E-state index in [2.05, 4.69) is 33.0 Å². The third-order valence-electron chi connectivity index (χ3n) is 3.89. The van der Waals surface area contributed by atoms with Gasteiger partial charge in [0.1, 0.15) is 6.54 Å². The zero-order chi connectivity index (χ0) is 15.2. The minimum absolute atomic E-state index is 0.0106. The van der Waals surface area contributed by atoms with Crippen LogP contribution in [0.4, 0.5) is 0 Å². The Morgan fingerprint density at radius 1 is 1.23 bits per heavy atom. The Kier molecular flexibility index (Phi) is 4.78. The molecule has 1 N–H and O–H groups in total. The predicted molar refractivity (Wildman–Crippen MR) is 82.0 cm³/mol. The van der Waals surface area contributed by atoms with Crippen molar-refractivity contribution in [1.82, 2.24) is 25.5 Å². The maximum atomic E-state index is 11.9. The van der Waals surface area contributed by atoms with Crippen LogP contribution < -0.4 is 5.32 Å². The Morgan fingerprint density at radius 2 is 2.05 bits per heavy atom. The van der Waals surface area contributed by atoms with Crippen LogP contribution in [-0.4, -0.2) is 32.7 Å². The Morgan fingerprint density at radius 3 is 2.82 bits per heavy atom. The summed E-state index contributed by atoms with van der Waals surface area (Å²) in [6.45, 7) is 0.991. The van der Waals surface area contributed by atoms with Crippen molar-refractivity contribution in [2.45, 2.75) is 38.6 Å². The average molecular weight is 299 g/mol. The second-order valence-corrected chi connectivity index (χ2v) is 5.84. The highest BCUT2D eigenvalue weighted by atomic mass is 16.2. The molecule has 116 valence electrons. The monoisotopic (exact) mass is 299 g/mol. The van der Waals surface area contributed by atoms with Crippen LogP contribution >= 0.6 is 0 Å². The Balaban J connectivity index is 1.45. The SMILES string of the molecule is O=C(Cn1nnnc1CCCc1ccccc1)NCC1CC1. The van der Waals surface area contributed by atoms with Gasteiger partial charge in [-0.1, -0.05) is 30.3 Å². The molecule has 0 saturated heterocycles. The number of carbonyl (C=O) groups excluding carboxylic acids is 1. The highest BCUT2D eigenvalue weighted by Gasteiger charge is 2.21. The molecule has 0 radical (unpaired) electrons. The van der Waals surface area contributed by atoms with Crippen LogP contribution in [0.3, 0.4) is 0 Å². The van der Waals surface area contributed by atoms with E-state index in [-0.39, 0.29) is 12.5 Å². The summed E-state index contributed by atoms with van der Waals surface area (Å²) in [5.41, 5.74) is 1.31. The standard InChI is InChI=1S/C16H21N5O/c22-16(17-11-14-9-10-14)12-21-15(18-19-20-21)8-4-7-13-5-2-1-3-6-13/h1-3,5-6,14H,4,7-12H2,(H,17,22). The van der Waals surface area contributed by atoms with Crippen molar-refractivity contribution in [3.63, 3.8) is 0 Å². The average Bonchev–Trinajstić information content (AvgIpc) is 3.27. The van der Waals surface area contributed by atoms with Crippen LogP contribution in [0.25, 0.3) is 0 Å². The third kappa shape index (κ3) is 4.38. The zero-order valence-electron chi connectivity index (χ0n) is 12.6. The first-order valence-corrected chi connectivity index (χ1v) is 7.87. The van der Waals surface area contributed by atoms with E-state index in [4.69, 9.17) is 0 Å². The first kappa shape index (κ1) is 14.7. The third-order valence-corrected chi connectivity index (χ3v) is 3.89. The molecule has 0 atom stereocenters. The molecule has 1 aliphatic rings. The number of benzene rings is 1. The van der Waals surface area contributed by atoms with E-state index in [0.717, 1.165) is 31.6 Å². The number of aromatic nitrogens is 4. The van der Waals surface area contributed by atoms with Crippen LogP contribution in [-0.2, 0) is 24.2 Å². The fourth-order valence-corrected chi connectivity index (χ4v) is 2.39. The molecule has 3 rings (SSSR count). The van der Waals surface area contributed by atoms with E-state index in [1.807, 2.05) is 18.2 Å². The molecule has 6 heteroatoms. The molecule has 0 unspecified atom stereocenters. The number of hydrogen-bond donors (Lipinski definition) is 1. The lowest BCUT2D eigenvalue weighted by molar-refractivity contribution is -0.121. The minimum atomic E-state index is -0.0106. The summed E-state index contributed by atoms with van der Waals surface area (Å²) in [5, 5.41) is 14.6. The quantitative estimate of drug-likeness (QED) is 0.799. The number of aryl methyl sites for hydroxylation is 2. The van der Waals surface area contributed by atoms with Crippen molar-refractivity contribution in [3.05, 3.63) is 41.7 Å². The first-order valence-electron chi connectivity index (χ1n) is 7.87. The van der Waals surface area contributed by atoms with Crippen molar-refractivity contribution >= 4 is 5.91 Å². The molecule has 1 aromatic carbocycles. The molecule has 1 fully saturated rings. The van der Waals surface area contributed by atoms with Gasteiger partial charge in [-0.05, 0) is 47.6 Å². The highest BCUT2D eigenvalue weighted by molar-refractivity contribution is 5.75. The van der Waals surface area contributed by atoms with Crippen molar-refractivity contribution in [1.29, 1.82) is 0 Å². The Hall–Kier alpha value is -2.24. The number of nitrogens with zero attached hydrogens (tertiary/aromatic N) is 4. The number of tetrazole rings is 1. The molecule has 22 heavy (non-hydrogen) atoms. The topological polar surface area (TPSA) is 72.7 Å². The van der Waals surface area contributed by atoms with Gasteiger partial charge in [-0.25, -0.2) is 4.68 Å². The van der Waals surface area contributed by atoms with E-state index in [1.54, 1.807) is 4.68 Å². The molecule has 1 heterocycles. The van der Waals surface area contributed by atoms with Gasteiger partial charge in [0.05, 0.1) is 0 Å². The fraction of sp³-hybridized carbons (Fsp3) is 0.500. The molecule has 1 aromatic heterocycles. The molecule has 0 aliphatic heterocycles. The number of amides is 1. The molecule has 0 bridgehead atoms. The van der Waals surface area contributed by atoms with Crippen molar-refractivity contribution in [2.24, 2.45) is 5.92 Å². The Bertz CT molecular complexity index is 606. The van der Waals surface area contributed by atoms with Crippen LogP contribution in [0.1, 0.15) is 30.7 Å². The zero-order valence-corrected chi connectivity index (χ0v) is 12.6. The van der Waals surface area contributed by atoms with Gasteiger partial charge in [-0.2, -0.15) is 0 Å². The predicted octanol–water partition coefficient (Wildman–Crippen LogP) is 1.37. The van der Waals surface area contributed by atoms with Gasteiger partial charge in [0.2, 0.25) is 5.91 Å². The van der Waals surface area contributed by atoms with E-state index in [0.29, 0.717) is 5.92 Å². The second-order valence-electron chi connectivity index (χ2n) is 5.84. The molecule has 6 nitrogen and oxygen atoms in total. The van der Waals surface area contributed by atoms with Gasteiger partial charge >= 0.3 is 0 Å². The van der Waals surface area contributed by atoms with Crippen molar-refractivity contribution in [2.75, 3.05) is 6.54 Å². The largest absolute Gasteiger partial charge is 0.354 e. The summed E-state index contributed by atoms with van der Waals surface area (Å²) < 4.78 is 1.60. The van der Waals surface area contributed by atoms with Crippen LogP contribution in [0.5, 0.6) is 0 Å². The van der Waals surface area contributed by atoms with Gasteiger partial charge in [-0.15, -0.1) is 5.10 Å². The summed E-state index contributed by atoms with van der Waals surface area (Å²) in [6, 6.07) is 10.3. The summed E-state index contributed by atoms with van der Waals surface area (Å²) in [6.07, 6.45) is 5.19. The molecular weight excluding hydrogens is 278 g/mol. The maximum absolute atomic E-state index is 11.9. The summed E-state index contributed by atoms with van der Waals surface area (Å²) >= 11 is 0. The van der Waals surface area contributed by atoms with Gasteiger partial charge in [0, 0.05) is 13.0 Å². The summed E-state index contributed by atoms with van der Waals surface area (Å²) in [7, 11) is 0. The summed E-state index contributed by atoms with van der Waals surface area (Å²) in [5.74, 6) is 1.45. The van der Waals surface area contributed by atoms with Gasteiger partial charge < -0.3 is 5.32 Å². The molecule has 1 amide bonds. The molecule has 1 saturated carbocycles. The van der Waals surface area contributed by atoms with Gasteiger partial charge in [0.15, 0.2) is 5.82 Å². The maximum Gasteiger partial charge on any atom is 0.241 e. The lowest BCUT2D eigenvalue weighted by Crippen LogP contribution is -2.30. The number of rotatable bonds is 8. The van der Waals surface area contributed by atoms with Crippen LogP contribution in [0.15, 0.2) is 30.3 Å². The lowest BCUT2D eigenvalue weighted by Gasteiger charge is -2.06. The normalized spacial score (nSPS) is 14.0. The molecule has 2 aromatic rings. The van der Waals surface area contributed by atoms with Crippen molar-refractivity contribution in [3.8, 4) is 0 Å². The van der Waals surface area contributed by atoms with E-state index < -0.39 is 0 Å². The number of nitrogens with one attached hydrogen (secondary N) is 1. The van der Waals surface area contributed by atoms with E-state index in [1.165, 1.54) is 18.4 Å². The minimum Gasteiger partial charge on any atom is -0.354 e. The number of carbonyl (C=O) groups is 1. The van der Waals surface area contributed by atoms with E-state index in [9.17, 15) is 4.79 Å². The lowest BCUT2D eigenvalue weighted by atomic mass is 10.1. The van der Waals surface area contributed by atoms with Crippen LogP contribution in [0, 0.1) is 5.92 Å². The van der Waals surface area contributed by atoms with Crippen LogP contribution in [0.2, 0.25) is 0 Å². The smallest absolute Gasteiger partial charge is 0.241 e. The highest BCUT2D eigenvalue weighted by Crippen LogP contribution is 2.27. The van der Waals surface area contributed by atoms with Gasteiger partial charge in [-0.3, -0.25) is 4.79 Å². The molecule has 1 aliphatic carbocycles. The Labute approximate surface area is 129 Å². The first-order chi connectivity index (χ1) is 10.8. The van der Waals surface area contributed by atoms with E-state index >= 15 is 0 Å². The molecular formula is C16H21N5O. The van der Waals surface area contributed by atoms with Crippen molar-refractivity contribution < 1.29 is 4.79 Å². The van der Waals surface area contributed by atoms with Gasteiger partial charge in [0.25, 0.3) is 0 Å². The number of hydrogen-bond acceptors (Lipinski definition) is 4. The molecule has 0 spiro atoms.